The van der Waals surface area contributed by atoms with Crippen molar-refractivity contribution in [2.24, 2.45) is 7.05 Å². The van der Waals surface area contributed by atoms with Crippen LogP contribution in [0.1, 0.15) is 12.7 Å². The molecule has 1 atom stereocenters. The fraction of sp³-hybridized carbons (Fsp3) is 0.727. The van der Waals surface area contributed by atoms with Crippen LogP contribution in [0.4, 0.5) is 0 Å². The molecule has 2 N–H and O–H groups in total. The third-order valence-electron chi connectivity index (χ3n) is 2.41. The van der Waals surface area contributed by atoms with Gasteiger partial charge in [-0.3, -0.25) is 0 Å². The van der Waals surface area contributed by atoms with Crippen molar-refractivity contribution in [1.82, 2.24) is 14.9 Å². The number of nitrogens with zero attached hydrogens (tertiary/aromatic N) is 2. The van der Waals surface area contributed by atoms with E-state index in [1.807, 2.05) is 31.0 Å². The molecule has 0 spiro atoms. The molecule has 16 heavy (non-hydrogen) atoms. The Hall–Kier alpha value is -0.520. The van der Waals surface area contributed by atoms with Crippen LogP contribution in [-0.4, -0.2) is 45.4 Å². The molecule has 0 aliphatic rings. The standard InChI is InChI=1S/C11H21N3OS/c1-11(15,9-16-3)8-12-5-4-10-13-6-7-14(10)2/h6-7,12,15H,4-5,8-9H2,1-3H3. The van der Waals surface area contributed by atoms with Gasteiger partial charge < -0.3 is 15.0 Å². The third-order valence-corrected chi connectivity index (χ3v) is 3.32. The molecule has 0 amide bonds. The summed E-state index contributed by atoms with van der Waals surface area (Å²) in [5.74, 6) is 1.82. The monoisotopic (exact) mass is 243 g/mol. The number of aromatic nitrogens is 2. The largest absolute Gasteiger partial charge is 0.388 e. The van der Waals surface area contributed by atoms with Crippen LogP contribution in [-0.2, 0) is 13.5 Å². The van der Waals surface area contributed by atoms with Gasteiger partial charge >= 0.3 is 0 Å². The summed E-state index contributed by atoms with van der Waals surface area (Å²) in [5.41, 5.74) is -0.624. The van der Waals surface area contributed by atoms with E-state index in [1.165, 1.54) is 0 Å². The molecule has 1 aromatic heterocycles. The molecule has 0 saturated heterocycles. The van der Waals surface area contributed by atoms with Gasteiger partial charge in [0.05, 0.1) is 5.60 Å². The van der Waals surface area contributed by atoms with Crippen LogP contribution >= 0.6 is 11.8 Å². The van der Waals surface area contributed by atoms with E-state index in [9.17, 15) is 5.11 Å². The molecule has 1 unspecified atom stereocenters. The molecule has 0 fully saturated rings. The van der Waals surface area contributed by atoms with Gasteiger partial charge in [0, 0.05) is 44.7 Å². The molecule has 4 nitrogen and oxygen atoms in total. The molecule has 0 aliphatic carbocycles. The number of aryl methyl sites for hydroxylation is 1. The fourth-order valence-electron chi connectivity index (χ4n) is 1.56. The van der Waals surface area contributed by atoms with Crippen LogP contribution in [0.5, 0.6) is 0 Å². The number of nitrogens with one attached hydrogen (secondary N) is 1. The van der Waals surface area contributed by atoms with E-state index in [4.69, 9.17) is 0 Å². The van der Waals surface area contributed by atoms with E-state index < -0.39 is 5.60 Å². The van der Waals surface area contributed by atoms with Crippen LogP contribution < -0.4 is 5.32 Å². The Morgan fingerprint density at radius 3 is 2.94 bits per heavy atom. The van der Waals surface area contributed by atoms with Crippen LogP contribution in [0, 0.1) is 0 Å². The molecule has 0 aliphatic heterocycles. The first-order chi connectivity index (χ1) is 7.55. The lowest BCUT2D eigenvalue weighted by Crippen LogP contribution is -2.40. The molecule has 1 heterocycles. The summed E-state index contributed by atoms with van der Waals surface area (Å²) in [4.78, 5) is 4.24. The number of aliphatic hydroxyl groups is 1. The van der Waals surface area contributed by atoms with E-state index in [0.29, 0.717) is 6.54 Å². The smallest absolute Gasteiger partial charge is 0.109 e. The number of hydrogen-bond acceptors (Lipinski definition) is 4. The number of rotatable bonds is 7. The van der Waals surface area contributed by atoms with Gasteiger partial charge in [-0.1, -0.05) is 0 Å². The maximum Gasteiger partial charge on any atom is 0.109 e. The van der Waals surface area contributed by atoms with E-state index in [1.54, 1.807) is 18.0 Å². The minimum atomic E-state index is -0.624. The van der Waals surface area contributed by atoms with Crippen LogP contribution in [0.25, 0.3) is 0 Å². The van der Waals surface area contributed by atoms with Crippen molar-refractivity contribution in [2.75, 3.05) is 25.1 Å². The zero-order valence-electron chi connectivity index (χ0n) is 10.2. The summed E-state index contributed by atoms with van der Waals surface area (Å²) in [6.07, 6.45) is 6.64. The second kappa shape index (κ2) is 6.27. The van der Waals surface area contributed by atoms with Crippen LogP contribution in [0.15, 0.2) is 12.4 Å². The summed E-state index contributed by atoms with van der Waals surface area (Å²) in [7, 11) is 1.99. The highest BCUT2D eigenvalue weighted by molar-refractivity contribution is 7.98. The minimum absolute atomic E-state index is 0.623. The number of imidazole rings is 1. The molecule has 1 rings (SSSR count). The average molecular weight is 243 g/mol. The molecular weight excluding hydrogens is 222 g/mol. The van der Waals surface area contributed by atoms with Gasteiger partial charge in [-0.2, -0.15) is 11.8 Å². The number of hydrogen-bond donors (Lipinski definition) is 2. The van der Waals surface area contributed by atoms with Gasteiger partial charge in [0.15, 0.2) is 0 Å². The lowest BCUT2D eigenvalue weighted by atomic mass is 10.1. The lowest BCUT2D eigenvalue weighted by Gasteiger charge is -2.22. The van der Waals surface area contributed by atoms with Crippen molar-refractivity contribution in [3.05, 3.63) is 18.2 Å². The first-order valence-corrected chi connectivity index (χ1v) is 6.83. The van der Waals surface area contributed by atoms with E-state index >= 15 is 0 Å². The Balaban J connectivity index is 2.19. The van der Waals surface area contributed by atoms with Gasteiger partial charge in [-0.05, 0) is 13.2 Å². The molecule has 1 aromatic rings. The Kier molecular flexibility index (Phi) is 5.31. The molecule has 0 saturated carbocycles. The molecule has 0 radical (unpaired) electrons. The topological polar surface area (TPSA) is 50.1 Å². The first kappa shape index (κ1) is 13.5. The van der Waals surface area contributed by atoms with Gasteiger partial charge in [0.2, 0.25) is 0 Å². The molecule has 0 aromatic carbocycles. The quantitative estimate of drug-likeness (QED) is 0.691. The van der Waals surface area contributed by atoms with Gasteiger partial charge in [-0.15, -0.1) is 0 Å². The Bertz CT molecular complexity index is 312. The van der Waals surface area contributed by atoms with Crippen molar-refractivity contribution < 1.29 is 5.11 Å². The summed E-state index contributed by atoms with van der Waals surface area (Å²) in [6, 6.07) is 0. The first-order valence-electron chi connectivity index (χ1n) is 5.43. The third kappa shape index (κ3) is 4.55. The second-order valence-electron chi connectivity index (χ2n) is 4.31. The highest BCUT2D eigenvalue weighted by atomic mass is 32.2. The second-order valence-corrected chi connectivity index (χ2v) is 5.18. The molecule has 5 heteroatoms. The van der Waals surface area contributed by atoms with Crippen LogP contribution in [0.3, 0.4) is 0 Å². The summed E-state index contributed by atoms with van der Waals surface area (Å²) in [5, 5.41) is 13.2. The summed E-state index contributed by atoms with van der Waals surface area (Å²) in [6.45, 7) is 3.32. The Labute approximate surface area is 101 Å². The normalized spacial score (nSPS) is 15.0. The summed E-state index contributed by atoms with van der Waals surface area (Å²) < 4.78 is 2.02. The van der Waals surface area contributed by atoms with Crippen molar-refractivity contribution in [3.8, 4) is 0 Å². The Morgan fingerprint density at radius 2 is 2.38 bits per heavy atom. The van der Waals surface area contributed by atoms with E-state index in [0.717, 1.165) is 24.5 Å². The van der Waals surface area contributed by atoms with E-state index in [2.05, 4.69) is 10.3 Å². The lowest BCUT2D eigenvalue weighted by molar-refractivity contribution is 0.0852. The van der Waals surface area contributed by atoms with Crippen molar-refractivity contribution >= 4 is 11.8 Å². The maximum atomic E-state index is 9.92. The minimum Gasteiger partial charge on any atom is -0.388 e. The zero-order valence-corrected chi connectivity index (χ0v) is 11.0. The highest BCUT2D eigenvalue weighted by Crippen LogP contribution is 2.08. The van der Waals surface area contributed by atoms with Gasteiger partial charge in [-0.25, -0.2) is 4.98 Å². The molecule has 92 valence electrons. The fourth-order valence-corrected chi connectivity index (χ4v) is 2.28. The average Bonchev–Trinajstić information content (AvgIpc) is 2.59. The van der Waals surface area contributed by atoms with Gasteiger partial charge in [0.1, 0.15) is 5.82 Å². The summed E-state index contributed by atoms with van der Waals surface area (Å²) >= 11 is 1.66. The van der Waals surface area contributed by atoms with Crippen molar-refractivity contribution in [1.29, 1.82) is 0 Å². The van der Waals surface area contributed by atoms with E-state index in [-0.39, 0.29) is 0 Å². The SMILES string of the molecule is CSCC(C)(O)CNCCc1nccn1C. The van der Waals surface area contributed by atoms with Crippen LogP contribution in [0.2, 0.25) is 0 Å². The molecular formula is C11H21N3OS. The Morgan fingerprint density at radius 1 is 1.62 bits per heavy atom. The van der Waals surface area contributed by atoms with Gasteiger partial charge in [0.25, 0.3) is 0 Å². The van der Waals surface area contributed by atoms with Crippen molar-refractivity contribution in [3.63, 3.8) is 0 Å². The zero-order chi connectivity index (χ0) is 12.0. The number of thioether (sulfide) groups is 1. The highest BCUT2D eigenvalue weighted by Gasteiger charge is 2.18. The molecule has 0 bridgehead atoms. The maximum absolute atomic E-state index is 9.92. The predicted molar refractivity (Wildman–Crippen MR) is 68.8 cm³/mol. The van der Waals surface area contributed by atoms with Crippen molar-refractivity contribution in [2.45, 2.75) is 18.9 Å². The predicted octanol–water partition coefficient (Wildman–Crippen LogP) is 0.666.